The van der Waals surface area contributed by atoms with E-state index in [-0.39, 0.29) is 11.4 Å². The Morgan fingerprint density at radius 2 is 1.82 bits per heavy atom. The lowest BCUT2D eigenvalue weighted by Crippen LogP contribution is -2.19. The standard InChI is InChI=1S/C25H19F3N6O2S2/c26-25(27,28)14-4-3-5-15(10-14)33-23(36)34-24-30-12-16(37-24)8-9-29-22-21-18(31-13-32-22)11-20(38-21)17-6-1-2-7-19(17)35/h1-7,10-13,35H,8-9H2,(H,29,31,32)(H2,30,33,34,36). The monoisotopic (exact) mass is 556 g/mol. The van der Waals surface area contributed by atoms with Gasteiger partial charge in [-0.05, 0) is 36.4 Å². The predicted octanol–water partition coefficient (Wildman–Crippen LogP) is 6.84. The van der Waals surface area contributed by atoms with Crippen LogP contribution in [0.25, 0.3) is 20.7 Å². The Bertz CT molecular complexity index is 1600. The lowest BCUT2D eigenvalue weighted by molar-refractivity contribution is -0.137. The maximum Gasteiger partial charge on any atom is 0.416 e. The summed E-state index contributed by atoms with van der Waals surface area (Å²) in [6.45, 7) is 0.536. The fourth-order valence-corrected chi connectivity index (χ4v) is 5.53. The molecule has 0 bridgehead atoms. The first-order valence-corrected chi connectivity index (χ1v) is 12.9. The number of para-hydroxylation sites is 1. The van der Waals surface area contributed by atoms with Gasteiger partial charge in [0.25, 0.3) is 0 Å². The summed E-state index contributed by atoms with van der Waals surface area (Å²) < 4.78 is 39.5. The molecule has 2 aromatic carbocycles. The number of carbonyl (C=O) groups excluding carboxylic acids is 1. The number of carbonyl (C=O) groups is 1. The third-order valence-corrected chi connectivity index (χ3v) is 7.50. The van der Waals surface area contributed by atoms with Crippen molar-refractivity contribution in [2.45, 2.75) is 12.6 Å². The zero-order chi connectivity index (χ0) is 26.7. The van der Waals surface area contributed by atoms with Crippen LogP contribution in [0.15, 0.2) is 67.1 Å². The van der Waals surface area contributed by atoms with E-state index in [1.165, 1.54) is 41.1 Å². The van der Waals surface area contributed by atoms with Crippen LogP contribution < -0.4 is 16.0 Å². The highest BCUT2D eigenvalue weighted by atomic mass is 32.1. The molecule has 0 saturated heterocycles. The molecule has 8 nitrogen and oxygen atoms in total. The Hall–Kier alpha value is -4.23. The Morgan fingerprint density at radius 1 is 0.974 bits per heavy atom. The largest absolute Gasteiger partial charge is 0.507 e. The Morgan fingerprint density at radius 3 is 2.63 bits per heavy atom. The molecule has 3 heterocycles. The van der Waals surface area contributed by atoms with Crippen molar-refractivity contribution in [3.8, 4) is 16.2 Å². The van der Waals surface area contributed by atoms with Crippen molar-refractivity contribution >= 4 is 55.6 Å². The van der Waals surface area contributed by atoms with Crippen LogP contribution in [0.2, 0.25) is 0 Å². The van der Waals surface area contributed by atoms with Crippen molar-refractivity contribution < 1.29 is 23.1 Å². The fourth-order valence-electron chi connectivity index (χ4n) is 3.61. The molecule has 0 spiro atoms. The molecule has 4 N–H and O–H groups in total. The summed E-state index contributed by atoms with van der Waals surface area (Å²) in [5.74, 6) is 0.865. The number of amides is 2. The molecule has 38 heavy (non-hydrogen) atoms. The molecular weight excluding hydrogens is 537 g/mol. The van der Waals surface area contributed by atoms with Crippen LogP contribution in [0.4, 0.5) is 34.6 Å². The minimum absolute atomic E-state index is 0.0219. The molecule has 0 unspecified atom stereocenters. The zero-order valence-electron chi connectivity index (χ0n) is 19.4. The lowest BCUT2D eigenvalue weighted by Gasteiger charge is -2.09. The predicted molar refractivity (Wildman–Crippen MR) is 143 cm³/mol. The number of aromatic hydroxyl groups is 1. The van der Waals surface area contributed by atoms with E-state index in [2.05, 4.69) is 30.9 Å². The third-order valence-electron chi connectivity index (χ3n) is 5.37. The molecule has 3 aromatic heterocycles. The minimum atomic E-state index is -4.50. The van der Waals surface area contributed by atoms with E-state index >= 15 is 0 Å². The van der Waals surface area contributed by atoms with Crippen LogP contribution in [-0.4, -0.2) is 32.6 Å². The second kappa shape index (κ2) is 10.6. The summed E-state index contributed by atoms with van der Waals surface area (Å²) in [5, 5.41) is 18.7. The van der Waals surface area contributed by atoms with E-state index in [0.29, 0.717) is 23.9 Å². The topological polar surface area (TPSA) is 112 Å². The molecule has 2 amide bonds. The molecule has 0 saturated carbocycles. The van der Waals surface area contributed by atoms with Gasteiger partial charge in [0.1, 0.15) is 17.9 Å². The van der Waals surface area contributed by atoms with Crippen LogP contribution in [0.1, 0.15) is 10.4 Å². The summed E-state index contributed by atoms with van der Waals surface area (Å²) in [7, 11) is 0. The first kappa shape index (κ1) is 25.4. The molecule has 0 aliphatic rings. The van der Waals surface area contributed by atoms with E-state index < -0.39 is 17.8 Å². The molecule has 13 heteroatoms. The number of benzene rings is 2. The number of rotatable bonds is 7. The third kappa shape index (κ3) is 5.84. The van der Waals surface area contributed by atoms with E-state index in [9.17, 15) is 23.1 Å². The van der Waals surface area contributed by atoms with Crippen molar-refractivity contribution in [2.75, 3.05) is 22.5 Å². The van der Waals surface area contributed by atoms with Gasteiger partial charge in [-0.25, -0.2) is 19.7 Å². The average molecular weight is 557 g/mol. The van der Waals surface area contributed by atoms with Gasteiger partial charge >= 0.3 is 12.2 Å². The second-order valence-electron chi connectivity index (χ2n) is 8.03. The number of nitrogens with zero attached hydrogens (tertiary/aromatic N) is 3. The Labute approximate surface area is 222 Å². The number of aromatic nitrogens is 3. The molecule has 5 rings (SSSR count). The first-order valence-electron chi connectivity index (χ1n) is 11.2. The summed E-state index contributed by atoms with van der Waals surface area (Å²) in [4.78, 5) is 26.8. The van der Waals surface area contributed by atoms with E-state index in [0.717, 1.165) is 37.7 Å². The van der Waals surface area contributed by atoms with Crippen molar-refractivity contribution in [1.82, 2.24) is 15.0 Å². The van der Waals surface area contributed by atoms with E-state index in [4.69, 9.17) is 0 Å². The van der Waals surface area contributed by atoms with Crippen molar-refractivity contribution in [2.24, 2.45) is 0 Å². The lowest BCUT2D eigenvalue weighted by atomic mass is 10.1. The number of urea groups is 1. The highest BCUT2D eigenvalue weighted by Crippen LogP contribution is 2.39. The van der Waals surface area contributed by atoms with Gasteiger partial charge in [0.15, 0.2) is 5.13 Å². The molecular formula is C25H19F3N6O2S2. The van der Waals surface area contributed by atoms with Crippen LogP contribution in [0, 0.1) is 0 Å². The Balaban J connectivity index is 1.18. The summed E-state index contributed by atoms with van der Waals surface area (Å²) in [6, 6.07) is 12.7. The molecule has 5 aromatic rings. The zero-order valence-corrected chi connectivity index (χ0v) is 21.0. The number of phenols is 1. The van der Waals surface area contributed by atoms with Gasteiger partial charge in [0, 0.05) is 40.2 Å². The molecule has 0 radical (unpaired) electrons. The highest BCUT2D eigenvalue weighted by Gasteiger charge is 2.30. The number of hydrogen-bond donors (Lipinski definition) is 4. The van der Waals surface area contributed by atoms with E-state index in [1.807, 2.05) is 18.2 Å². The minimum Gasteiger partial charge on any atom is -0.507 e. The summed E-state index contributed by atoms with van der Waals surface area (Å²) in [5.41, 5.74) is 0.663. The van der Waals surface area contributed by atoms with Gasteiger partial charge in [0.2, 0.25) is 0 Å². The molecule has 0 fully saturated rings. The number of alkyl halides is 3. The fraction of sp³-hybridized carbons (Fsp3) is 0.120. The average Bonchev–Trinajstić information content (AvgIpc) is 3.51. The normalized spacial score (nSPS) is 11.4. The number of phenolic OH excluding ortho intramolecular Hbond substituents is 1. The Kier molecular flexibility index (Phi) is 7.11. The van der Waals surface area contributed by atoms with Crippen molar-refractivity contribution in [1.29, 1.82) is 0 Å². The molecule has 0 aliphatic heterocycles. The summed E-state index contributed by atoms with van der Waals surface area (Å²) in [6.07, 6.45) is -0.800. The van der Waals surface area contributed by atoms with Crippen molar-refractivity contribution in [3.05, 3.63) is 77.6 Å². The number of hydrogen-bond acceptors (Lipinski definition) is 8. The van der Waals surface area contributed by atoms with E-state index in [1.54, 1.807) is 18.3 Å². The number of thiazole rings is 1. The van der Waals surface area contributed by atoms with Gasteiger partial charge in [-0.15, -0.1) is 22.7 Å². The van der Waals surface area contributed by atoms with Gasteiger partial charge in [0.05, 0.1) is 15.8 Å². The van der Waals surface area contributed by atoms with Crippen LogP contribution >= 0.6 is 22.7 Å². The first-order chi connectivity index (χ1) is 18.3. The summed E-state index contributed by atoms with van der Waals surface area (Å²) >= 11 is 2.74. The second-order valence-corrected chi connectivity index (χ2v) is 10.2. The van der Waals surface area contributed by atoms with Gasteiger partial charge in [-0.2, -0.15) is 13.2 Å². The number of thiophene rings is 1. The van der Waals surface area contributed by atoms with Crippen LogP contribution in [-0.2, 0) is 12.6 Å². The SMILES string of the molecule is O=C(Nc1cccc(C(F)(F)F)c1)Nc1ncc(CCNc2ncnc3cc(-c4ccccc4O)sc23)s1. The number of fused-ring (bicyclic) bond motifs is 1. The highest BCUT2D eigenvalue weighted by molar-refractivity contribution is 7.22. The maximum atomic E-state index is 12.9. The van der Waals surface area contributed by atoms with Crippen molar-refractivity contribution in [3.63, 3.8) is 0 Å². The quantitative estimate of drug-likeness (QED) is 0.175. The van der Waals surface area contributed by atoms with Gasteiger partial charge in [-0.3, -0.25) is 5.32 Å². The number of halogens is 3. The maximum absolute atomic E-state index is 12.9. The van der Waals surface area contributed by atoms with Gasteiger partial charge in [-0.1, -0.05) is 18.2 Å². The van der Waals surface area contributed by atoms with Crippen LogP contribution in [0.5, 0.6) is 5.75 Å². The smallest absolute Gasteiger partial charge is 0.416 e. The van der Waals surface area contributed by atoms with Crippen LogP contribution in [0.3, 0.4) is 0 Å². The van der Waals surface area contributed by atoms with Gasteiger partial charge < -0.3 is 15.7 Å². The molecule has 194 valence electrons. The molecule has 0 aliphatic carbocycles. The molecule has 0 atom stereocenters. The number of anilines is 3. The number of nitrogens with one attached hydrogen (secondary N) is 3.